The molecule has 0 bridgehead atoms. The van der Waals surface area contributed by atoms with Gasteiger partial charge in [-0.2, -0.15) is 0 Å². The predicted molar refractivity (Wildman–Crippen MR) is 71.8 cm³/mol. The zero-order chi connectivity index (χ0) is 13.4. The fourth-order valence-corrected chi connectivity index (χ4v) is 2.03. The van der Waals surface area contributed by atoms with Crippen molar-refractivity contribution in [1.82, 2.24) is 9.97 Å². The minimum atomic E-state index is -0.547. The SMILES string of the molecule is CNc1ncc(F)c(-c2cc3cccc(Cl)c3o2)n1. The number of benzene rings is 1. The zero-order valence-corrected chi connectivity index (χ0v) is 10.7. The summed E-state index contributed by atoms with van der Waals surface area (Å²) in [6.07, 6.45) is 1.10. The fraction of sp³-hybridized carbons (Fsp3) is 0.0769. The van der Waals surface area contributed by atoms with Gasteiger partial charge in [-0.3, -0.25) is 0 Å². The highest BCUT2D eigenvalue weighted by Gasteiger charge is 2.15. The number of furan rings is 1. The van der Waals surface area contributed by atoms with E-state index < -0.39 is 5.82 Å². The Hall–Kier alpha value is -2.14. The van der Waals surface area contributed by atoms with E-state index in [0.717, 1.165) is 11.6 Å². The van der Waals surface area contributed by atoms with Gasteiger partial charge in [-0.25, -0.2) is 14.4 Å². The van der Waals surface area contributed by atoms with Gasteiger partial charge in [0, 0.05) is 12.4 Å². The number of halogens is 2. The smallest absolute Gasteiger partial charge is 0.223 e. The van der Waals surface area contributed by atoms with Gasteiger partial charge in [0.2, 0.25) is 5.95 Å². The second kappa shape index (κ2) is 4.51. The van der Waals surface area contributed by atoms with Crippen LogP contribution >= 0.6 is 11.6 Å². The van der Waals surface area contributed by atoms with E-state index in [1.54, 1.807) is 25.2 Å². The highest BCUT2D eigenvalue weighted by molar-refractivity contribution is 6.34. The molecule has 2 aromatic heterocycles. The Morgan fingerprint density at radius 2 is 2.21 bits per heavy atom. The van der Waals surface area contributed by atoms with Crippen LogP contribution in [0.1, 0.15) is 0 Å². The van der Waals surface area contributed by atoms with Gasteiger partial charge >= 0.3 is 0 Å². The maximum atomic E-state index is 13.8. The number of hydrogen-bond acceptors (Lipinski definition) is 4. The fourth-order valence-electron chi connectivity index (χ4n) is 1.80. The van der Waals surface area contributed by atoms with Crippen molar-refractivity contribution < 1.29 is 8.81 Å². The highest BCUT2D eigenvalue weighted by atomic mass is 35.5. The van der Waals surface area contributed by atoms with Crippen LogP contribution in [0.15, 0.2) is 34.9 Å². The van der Waals surface area contributed by atoms with E-state index in [1.807, 2.05) is 6.07 Å². The van der Waals surface area contributed by atoms with E-state index in [2.05, 4.69) is 15.3 Å². The van der Waals surface area contributed by atoms with Gasteiger partial charge in [0.05, 0.1) is 11.2 Å². The van der Waals surface area contributed by atoms with Crippen molar-refractivity contribution in [2.45, 2.75) is 0 Å². The van der Waals surface area contributed by atoms with E-state index in [4.69, 9.17) is 16.0 Å². The lowest BCUT2D eigenvalue weighted by Gasteiger charge is -2.01. The van der Waals surface area contributed by atoms with E-state index in [0.29, 0.717) is 22.3 Å². The summed E-state index contributed by atoms with van der Waals surface area (Å²) in [4.78, 5) is 7.84. The van der Waals surface area contributed by atoms with Crippen molar-refractivity contribution >= 4 is 28.5 Å². The first kappa shape index (κ1) is 11.9. The maximum Gasteiger partial charge on any atom is 0.223 e. The van der Waals surface area contributed by atoms with Crippen LogP contribution in [0.25, 0.3) is 22.4 Å². The first-order chi connectivity index (χ1) is 9.19. The van der Waals surface area contributed by atoms with Crippen LogP contribution in [0.2, 0.25) is 5.02 Å². The molecule has 3 rings (SSSR count). The summed E-state index contributed by atoms with van der Waals surface area (Å²) in [6, 6.07) is 7.06. The van der Waals surface area contributed by atoms with Crippen molar-refractivity contribution in [3.05, 3.63) is 41.3 Å². The third kappa shape index (κ3) is 2.02. The summed E-state index contributed by atoms with van der Waals surface area (Å²) in [5.74, 6) is 0.0941. The third-order valence-corrected chi connectivity index (χ3v) is 2.99. The highest BCUT2D eigenvalue weighted by Crippen LogP contribution is 2.32. The Kier molecular flexibility index (Phi) is 2.83. The second-order valence-electron chi connectivity index (χ2n) is 3.91. The molecule has 3 aromatic rings. The van der Waals surface area contributed by atoms with Crippen LogP contribution in [0.5, 0.6) is 0 Å². The minimum absolute atomic E-state index is 0.103. The van der Waals surface area contributed by atoms with E-state index in [-0.39, 0.29) is 5.69 Å². The molecular formula is C13H9ClFN3O. The molecule has 0 saturated heterocycles. The van der Waals surface area contributed by atoms with Crippen LogP contribution in [-0.4, -0.2) is 17.0 Å². The number of rotatable bonds is 2. The summed E-state index contributed by atoms with van der Waals surface area (Å²) < 4.78 is 19.4. The summed E-state index contributed by atoms with van der Waals surface area (Å²) in [5, 5.41) is 4.03. The summed E-state index contributed by atoms with van der Waals surface area (Å²) in [6.45, 7) is 0. The van der Waals surface area contributed by atoms with Crippen LogP contribution in [0.3, 0.4) is 0 Å². The standard InChI is InChI=1S/C13H9ClFN3O/c1-16-13-17-6-9(15)11(18-13)10-5-7-3-2-4-8(14)12(7)19-10/h2-6H,1H3,(H,16,17,18). The van der Waals surface area contributed by atoms with Crippen LogP contribution in [0.4, 0.5) is 10.3 Å². The van der Waals surface area contributed by atoms with Crippen LogP contribution in [0, 0.1) is 5.82 Å². The van der Waals surface area contributed by atoms with Gasteiger partial charge in [-0.15, -0.1) is 0 Å². The Morgan fingerprint density at radius 1 is 1.37 bits per heavy atom. The molecule has 0 aliphatic carbocycles. The molecule has 0 unspecified atom stereocenters. The average molecular weight is 278 g/mol. The lowest BCUT2D eigenvalue weighted by molar-refractivity contribution is 0.590. The van der Waals surface area contributed by atoms with Crippen molar-refractivity contribution in [3.8, 4) is 11.5 Å². The molecule has 96 valence electrons. The Bertz CT molecular complexity index is 757. The molecule has 4 nitrogen and oxygen atoms in total. The molecule has 1 aromatic carbocycles. The molecule has 0 aliphatic rings. The van der Waals surface area contributed by atoms with E-state index in [1.165, 1.54) is 0 Å². The molecule has 0 spiro atoms. The molecule has 0 amide bonds. The number of nitrogens with zero attached hydrogens (tertiary/aromatic N) is 2. The molecule has 0 atom stereocenters. The summed E-state index contributed by atoms with van der Waals surface area (Å²) in [7, 11) is 1.66. The number of fused-ring (bicyclic) bond motifs is 1. The molecule has 0 saturated carbocycles. The maximum absolute atomic E-state index is 13.8. The summed E-state index contributed by atoms with van der Waals surface area (Å²) >= 11 is 6.02. The molecule has 0 fully saturated rings. The molecule has 19 heavy (non-hydrogen) atoms. The van der Waals surface area contributed by atoms with Gasteiger partial charge in [0.1, 0.15) is 5.69 Å². The Labute approximate surface area is 113 Å². The summed E-state index contributed by atoms with van der Waals surface area (Å²) in [5.41, 5.74) is 0.620. The van der Waals surface area contributed by atoms with Gasteiger partial charge < -0.3 is 9.73 Å². The third-order valence-electron chi connectivity index (χ3n) is 2.70. The van der Waals surface area contributed by atoms with Gasteiger partial charge in [0.25, 0.3) is 0 Å². The number of nitrogens with one attached hydrogen (secondary N) is 1. The lowest BCUT2D eigenvalue weighted by atomic mass is 10.2. The minimum Gasteiger partial charge on any atom is -0.453 e. The van der Waals surface area contributed by atoms with Gasteiger partial charge in [-0.05, 0) is 12.1 Å². The molecular weight excluding hydrogens is 269 g/mol. The number of aromatic nitrogens is 2. The van der Waals surface area contributed by atoms with Crippen molar-refractivity contribution in [1.29, 1.82) is 0 Å². The quantitative estimate of drug-likeness (QED) is 0.775. The molecule has 1 N–H and O–H groups in total. The normalized spacial score (nSPS) is 10.9. The number of hydrogen-bond donors (Lipinski definition) is 1. The van der Waals surface area contributed by atoms with Crippen molar-refractivity contribution in [3.63, 3.8) is 0 Å². The van der Waals surface area contributed by atoms with Gasteiger partial charge in [-0.1, -0.05) is 23.7 Å². The Morgan fingerprint density at radius 3 is 2.95 bits per heavy atom. The molecule has 6 heteroatoms. The first-order valence-corrected chi connectivity index (χ1v) is 5.95. The van der Waals surface area contributed by atoms with Crippen molar-refractivity contribution in [2.24, 2.45) is 0 Å². The van der Waals surface area contributed by atoms with Crippen LogP contribution < -0.4 is 5.32 Å². The monoisotopic (exact) mass is 277 g/mol. The topological polar surface area (TPSA) is 51.0 Å². The number of anilines is 1. The molecule has 0 aliphatic heterocycles. The first-order valence-electron chi connectivity index (χ1n) is 5.58. The van der Waals surface area contributed by atoms with E-state index >= 15 is 0 Å². The van der Waals surface area contributed by atoms with E-state index in [9.17, 15) is 4.39 Å². The largest absolute Gasteiger partial charge is 0.453 e. The van der Waals surface area contributed by atoms with Crippen LogP contribution in [-0.2, 0) is 0 Å². The number of para-hydroxylation sites is 1. The van der Waals surface area contributed by atoms with Crippen molar-refractivity contribution in [2.75, 3.05) is 12.4 Å². The predicted octanol–water partition coefficient (Wildman–Crippen LogP) is 3.72. The second-order valence-corrected chi connectivity index (χ2v) is 4.32. The lowest BCUT2D eigenvalue weighted by Crippen LogP contribution is -1.99. The zero-order valence-electron chi connectivity index (χ0n) is 9.95. The molecule has 0 radical (unpaired) electrons. The average Bonchev–Trinajstić information content (AvgIpc) is 2.84. The van der Waals surface area contributed by atoms with Gasteiger partial charge in [0.15, 0.2) is 17.2 Å². The molecule has 2 heterocycles. The Balaban J connectivity index is 2.21.